The fourth-order valence-electron chi connectivity index (χ4n) is 0. The average molecular weight is 69.1 g/mol. The van der Waals surface area contributed by atoms with E-state index in [0.717, 1.165) is 0 Å². The van der Waals surface area contributed by atoms with Gasteiger partial charge in [0.25, 0.3) is 0 Å². The quantitative estimate of drug-likeness (QED) is 0.380. The molecule has 0 aromatic heterocycles. The summed E-state index contributed by atoms with van der Waals surface area (Å²) in [6.07, 6.45) is 0. The molecule has 2 nitrogen and oxygen atoms in total. The van der Waals surface area contributed by atoms with Gasteiger partial charge in [0, 0.05) is 0 Å². The van der Waals surface area contributed by atoms with Crippen molar-refractivity contribution in [2.75, 3.05) is 14.1 Å². The molecular formula is C2H8BeN2. The summed E-state index contributed by atoms with van der Waals surface area (Å²) in [6.45, 7) is 0. The minimum Gasteiger partial charge on any atom is -0.680 e. The van der Waals surface area contributed by atoms with Gasteiger partial charge in [-0.1, -0.05) is 0 Å². The van der Waals surface area contributed by atoms with Gasteiger partial charge >= 0.3 is 10.1 Å². The SMILES string of the molecule is C[NH-].C[NH-].[Be+2]. The van der Waals surface area contributed by atoms with Gasteiger partial charge in [0.05, 0.1) is 0 Å². The molecule has 0 spiro atoms. The molecule has 0 saturated carbocycles. The van der Waals surface area contributed by atoms with Crippen LogP contribution in [0.25, 0.3) is 11.5 Å². The van der Waals surface area contributed by atoms with E-state index in [4.69, 9.17) is 11.5 Å². The maximum Gasteiger partial charge on any atom is 2.00 e. The smallest absolute Gasteiger partial charge is 0.680 e. The normalized spacial score (nSPS) is 2.40. The van der Waals surface area contributed by atoms with Crippen LogP contribution in [0.3, 0.4) is 0 Å². The zero-order valence-electron chi connectivity index (χ0n) is 3.71. The van der Waals surface area contributed by atoms with E-state index < -0.39 is 0 Å². The van der Waals surface area contributed by atoms with Crippen molar-refractivity contribution in [3.05, 3.63) is 11.5 Å². The van der Waals surface area contributed by atoms with Gasteiger partial charge in [-0.05, 0) is 0 Å². The number of nitrogens with one attached hydrogen (secondary N) is 2. The summed E-state index contributed by atoms with van der Waals surface area (Å²) in [4.78, 5) is 0. The number of hydrogen-bond acceptors (Lipinski definition) is 0. The van der Waals surface area contributed by atoms with E-state index >= 15 is 0 Å². The van der Waals surface area contributed by atoms with Gasteiger partial charge in [-0.2, -0.15) is 14.1 Å². The molecule has 0 aliphatic carbocycles. The van der Waals surface area contributed by atoms with E-state index in [1.54, 1.807) is 0 Å². The van der Waals surface area contributed by atoms with Gasteiger partial charge in [0.15, 0.2) is 0 Å². The van der Waals surface area contributed by atoms with Crippen molar-refractivity contribution >= 4 is 10.1 Å². The molecule has 0 aliphatic heterocycles. The Morgan fingerprint density at radius 1 is 0.800 bits per heavy atom. The molecule has 0 aromatic rings. The first-order valence-electron chi connectivity index (χ1n) is 1.00. The fraction of sp³-hybridized carbons (Fsp3) is 1.00. The summed E-state index contributed by atoms with van der Waals surface area (Å²) in [5, 5.41) is 0. The van der Waals surface area contributed by atoms with Crippen LogP contribution >= 0.6 is 0 Å². The fourth-order valence-corrected chi connectivity index (χ4v) is 0. The van der Waals surface area contributed by atoms with Crippen molar-refractivity contribution in [3.63, 3.8) is 0 Å². The van der Waals surface area contributed by atoms with E-state index in [1.807, 2.05) is 0 Å². The average Bonchev–Trinajstić information content (AvgIpc) is 1.50. The minimum absolute atomic E-state index is 0. The summed E-state index contributed by atoms with van der Waals surface area (Å²) in [7, 11) is 2.50. The van der Waals surface area contributed by atoms with Crippen LogP contribution in [0.1, 0.15) is 0 Å². The summed E-state index contributed by atoms with van der Waals surface area (Å²) < 4.78 is 0. The first kappa shape index (κ1) is 19.5. The third kappa shape index (κ3) is 2260. The molecule has 0 rings (SSSR count). The Morgan fingerprint density at radius 3 is 0.800 bits per heavy atom. The van der Waals surface area contributed by atoms with Gasteiger partial charge < -0.3 is 11.5 Å². The third-order valence-corrected chi connectivity index (χ3v) is 0. The monoisotopic (exact) mass is 69.1 g/mol. The summed E-state index contributed by atoms with van der Waals surface area (Å²) in [5.74, 6) is 0. The van der Waals surface area contributed by atoms with Crippen LogP contribution < -0.4 is 0 Å². The van der Waals surface area contributed by atoms with Crippen LogP contribution in [0.2, 0.25) is 0 Å². The predicted octanol–water partition coefficient (Wildman–Crippen LogP) is 0.956. The van der Waals surface area contributed by atoms with Crippen LogP contribution in [0.4, 0.5) is 0 Å². The molecule has 5 heavy (non-hydrogen) atoms. The molecule has 3 heteroatoms. The summed E-state index contributed by atoms with van der Waals surface area (Å²) in [6, 6.07) is 0. The van der Waals surface area contributed by atoms with E-state index in [-0.39, 0.29) is 10.1 Å². The topological polar surface area (TPSA) is 47.6 Å². The van der Waals surface area contributed by atoms with Crippen LogP contribution in [-0.2, 0) is 0 Å². The summed E-state index contributed by atoms with van der Waals surface area (Å²) in [5.41, 5.74) is 11.5. The number of rotatable bonds is 0. The van der Waals surface area contributed by atoms with Crippen LogP contribution in [0, 0.1) is 0 Å². The van der Waals surface area contributed by atoms with Crippen molar-refractivity contribution in [2.24, 2.45) is 0 Å². The van der Waals surface area contributed by atoms with Gasteiger partial charge in [0.1, 0.15) is 0 Å². The van der Waals surface area contributed by atoms with Crippen LogP contribution in [-0.4, -0.2) is 24.2 Å². The van der Waals surface area contributed by atoms with Crippen molar-refractivity contribution in [1.29, 1.82) is 0 Å². The van der Waals surface area contributed by atoms with Crippen molar-refractivity contribution in [2.45, 2.75) is 0 Å². The molecule has 0 aliphatic rings. The van der Waals surface area contributed by atoms with Crippen LogP contribution in [0.15, 0.2) is 0 Å². The number of hydrogen-bond donors (Lipinski definition) is 0. The molecule has 0 bridgehead atoms. The molecule has 0 amide bonds. The maximum absolute atomic E-state index is 5.75. The molecule has 2 N–H and O–H groups in total. The van der Waals surface area contributed by atoms with E-state index in [1.165, 1.54) is 14.1 Å². The van der Waals surface area contributed by atoms with E-state index in [9.17, 15) is 0 Å². The van der Waals surface area contributed by atoms with Crippen molar-refractivity contribution in [1.82, 2.24) is 0 Å². The second-order valence-corrected chi connectivity index (χ2v) is 0. The molecule has 0 atom stereocenters. The van der Waals surface area contributed by atoms with Gasteiger partial charge in [-0.25, -0.2) is 0 Å². The zero-order chi connectivity index (χ0) is 4.00. The molecule has 0 saturated heterocycles. The Bertz CT molecular complexity index is 7.61. The maximum atomic E-state index is 5.75. The molecule has 28 valence electrons. The molecule has 0 heterocycles. The largest absolute Gasteiger partial charge is 2.00 e. The molecular weight excluding hydrogens is 61.0 g/mol. The zero-order valence-corrected chi connectivity index (χ0v) is 3.71. The van der Waals surface area contributed by atoms with E-state index in [2.05, 4.69) is 0 Å². The van der Waals surface area contributed by atoms with Crippen molar-refractivity contribution in [3.8, 4) is 0 Å². The standard InChI is InChI=1S/2CH4N.Be/c2*1-2;/h2*2H,1H3;/q2*-1;+2. The molecule has 0 radical (unpaired) electrons. The predicted molar refractivity (Wildman–Crippen MR) is 26.2 cm³/mol. The second kappa shape index (κ2) is 4940. The first-order chi connectivity index (χ1) is 2.00. The van der Waals surface area contributed by atoms with Crippen molar-refractivity contribution < 1.29 is 0 Å². The van der Waals surface area contributed by atoms with Gasteiger partial charge in [0.2, 0.25) is 0 Å². The Morgan fingerprint density at radius 2 is 0.800 bits per heavy atom. The molecule has 0 unspecified atom stereocenters. The minimum atomic E-state index is 0. The van der Waals surface area contributed by atoms with Crippen LogP contribution in [0.5, 0.6) is 0 Å². The van der Waals surface area contributed by atoms with Gasteiger partial charge in [-0.15, -0.1) is 0 Å². The van der Waals surface area contributed by atoms with E-state index in [0.29, 0.717) is 0 Å². The Kier molecular flexibility index (Phi) is 19300. The van der Waals surface area contributed by atoms with Gasteiger partial charge in [-0.3, -0.25) is 0 Å². The second-order valence-electron chi connectivity index (χ2n) is 0. The first-order valence-corrected chi connectivity index (χ1v) is 1.00. The summed E-state index contributed by atoms with van der Waals surface area (Å²) >= 11 is 0. The molecule has 0 fully saturated rings. The Hall–Kier alpha value is 0.0888. The Labute approximate surface area is 36.8 Å². The third-order valence-electron chi connectivity index (χ3n) is 0. The molecule has 0 aromatic carbocycles. The Balaban J connectivity index is -0.0000000133.